The number of benzene rings is 1. The Morgan fingerprint density at radius 3 is 2.19 bits per heavy atom. The lowest BCUT2D eigenvalue weighted by molar-refractivity contribution is -0.138. The Morgan fingerprint density at radius 1 is 0.903 bits per heavy atom. The molecule has 0 heterocycles. The van der Waals surface area contributed by atoms with Crippen LogP contribution in [0.15, 0.2) is 48.6 Å². The third-order valence-corrected chi connectivity index (χ3v) is 5.16. The van der Waals surface area contributed by atoms with Crippen LogP contribution in [-0.4, -0.2) is 28.8 Å². The summed E-state index contributed by atoms with van der Waals surface area (Å²) in [5.41, 5.74) is 1.03. The summed E-state index contributed by atoms with van der Waals surface area (Å²) >= 11 is 0. The SMILES string of the molecule is CCCCC/C=C\C/C=C\COc1ccccc1C(CCCC(=O)O)CCCC(=O)O. The monoisotopic (exact) mass is 430 g/mol. The minimum atomic E-state index is -0.807. The van der Waals surface area contributed by atoms with Gasteiger partial charge in [0, 0.05) is 12.8 Å². The zero-order valence-electron chi connectivity index (χ0n) is 18.8. The molecule has 0 radical (unpaired) electrons. The number of hydrogen-bond acceptors (Lipinski definition) is 3. The highest BCUT2D eigenvalue weighted by molar-refractivity contribution is 5.66. The zero-order valence-corrected chi connectivity index (χ0v) is 18.8. The fourth-order valence-corrected chi connectivity index (χ4v) is 3.51. The molecule has 0 bridgehead atoms. The first kappa shape index (κ1) is 26.5. The van der Waals surface area contributed by atoms with Crippen molar-refractivity contribution < 1.29 is 24.5 Å². The standard InChI is InChI=1S/C26H38O5/c1-2-3-4-5-6-7-8-9-12-21-31-24-18-11-10-17-23(24)22(15-13-19-25(27)28)16-14-20-26(29)30/h6-7,9-12,17-18,22H,2-5,8,13-16,19-21H2,1H3,(H,27,28)(H,29,30)/b7-6-,12-9-. The summed E-state index contributed by atoms with van der Waals surface area (Å²) in [6.45, 7) is 2.68. The van der Waals surface area contributed by atoms with E-state index in [4.69, 9.17) is 14.9 Å². The lowest BCUT2D eigenvalue weighted by Gasteiger charge is -2.20. The fraction of sp³-hybridized carbons (Fsp3) is 0.538. The van der Waals surface area contributed by atoms with Gasteiger partial charge in [-0.05, 0) is 62.5 Å². The van der Waals surface area contributed by atoms with Crippen LogP contribution in [0, 0.1) is 0 Å². The first-order chi connectivity index (χ1) is 15.0. The van der Waals surface area contributed by atoms with Gasteiger partial charge in [-0.3, -0.25) is 9.59 Å². The smallest absolute Gasteiger partial charge is 0.303 e. The van der Waals surface area contributed by atoms with Crippen LogP contribution in [-0.2, 0) is 9.59 Å². The van der Waals surface area contributed by atoms with Gasteiger partial charge in [-0.25, -0.2) is 0 Å². The lowest BCUT2D eigenvalue weighted by atomic mass is 9.88. The van der Waals surface area contributed by atoms with E-state index in [0.717, 1.165) is 24.2 Å². The highest BCUT2D eigenvalue weighted by atomic mass is 16.5. The van der Waals surface area contributed by atoms with Crippen molar-refractivity contribution in [2.24, 2.45) is 0 Å². The van der Waals surface area contributed by atoms with E-state index >= 15 is 0 Å². The number of carboxylic acid groups (broad SMARTS) is 2. The highest BCUT2D eigenvalue weighted by Crippen LogP contribution is 2.34. The van der Waals surface area contributed by atoms with Crippen LogP contribution in [0.25, 0.3) is 0 Å². The van der Waals surface area contributed by atoms with Crippen molar-refractivity contribution in [3.8, 4) is 5.75 Å². The summed E-state index contributed by atoms with van der Waals surface area (Å²) in [7, 11) is 0. The van der Waals surface area contributed by atoms with Crippen LogP contribution in [0.1, 0.15) is 89.0 Å². The molecule has 0 aromatic heterocycles. The molecule has 0 aliphatic rings. The normalized spacial score (nSPS) is 11.5. The molecule has 0 atom stereocenters. The number of allylic oxidation sites excluding steroid dienone is 3. The maximum absolute atomic E-state index is 10.9. The highest BCUT2D eigenvalue weighted by Gasteiger charge is 2.17. The molecule has 0 saturated heterocycles. The molecule has 2 N–H and O–H groups in total. The first-order valence-corrected chi connectivity index (χ1v) is 11.5. The Hall–Kier alpha value is -2.56. The second-order valence-electron chi connectivity index (χ2n) is 7.79. The van der Waals surface area contributed by atoms with Crippen molar-refractivity contribution >= 4 is 11.9 Å². The molecule has 1 aromatic carbocycles. The maximum atomic E-state index is 10.9. The largest absolute Gasteiger partial charge is 0.489 e. The number of unbranched alkanes of at least 4 members (excludes halogenated alkanes) is 3. The van der Waals surface area contributed by atoms with E-state index < -0.39 is 11.9 Å². The average Bonchev–Trinajstić information content (AvgIpc) is 2.74. The van der Waals surface area contributed by atoms with Crippen molar-refractivity contribution in [1.29, 1.82) is 0 Å². The van der Waals surface area contributed by atoms with Crippen LogP contribution < -0.4 is 4.74 Å². The molecule has 172 valence electrons. The third kappa shape index (κ3) is 13.4. The maximum Gasteiger partial charge on any atom is 0.303 e. The van der Waals surface area contributed by atoms with Crippen molar-refractivity contribution in [1.82, 2.24) is 0 Å². The van der Waals surface area contributed by atoms with Gasteiger partial charge in [0.25, 0.3) is 0 Å². The molecule has 31 heavy (non-hydrogen) atoms. The molecule has 0 amide bonds. The molecule has 0 spiro atoms. The first-order valence-electron chi connectivity index (χ1n) is 11.5. The van der Waals surface area contributed by atoms with E-state index in [-0.39, 0.29) is 18.8 Å². The van der Waals surface area contributed by atoms with E-state index in [2.05, 4.69) is 25.2 Å². The summed E-state index contributed by atoms with van der Waals surface area (Å²) in [6, 6.07) is 7.80. The van der Waals surface area contributed by atoms with Gasteiger partial charge in [0.2, 0.25) is 0 Å². The lowest BCUT2D eigenvalue weighted by Crippen LogP contribution is -2.06. The van der Waals surface area contributed by atoms with E-state index in [1.807, 2.05) is 30.3 Å². The number of hydrogen-bond donors (Lipinski definition) is 2. The Morgan fingerprint density at radius 2 is 1.55 bits per heavy atom. The van der Waals surface area contributed by atoms with Gasteiger partial charge in [0.15, 0.2) is 0 Å². The number of carbonyl (C=O) groups is 2. The molecule has 0 saturated carbocycles. The fourth-order valence-electron chi connectivity index (χ4n) is 3.51. The molecular weight excluding hydrogens is 392 g/mol. The van der Waals surface area contributed by atoms with E-state index in [1.54, 1.807) is 0 Å². The predicted octanol–water partition coefficient (Wildman–Crippen LogP) is 6.74. The Bertz CT molecular complexity index is 673. The quantitative estimate of drug-likeness (QED) is 0.199. The Balaban J connectivity index is 2.61. The number of aliphatic carboxylic acids is 2. The summed E-state index contributed by atoms with van der Waals surface area (Å²) in [5.74, 6) is -0.736. The van der Waals surface area contributed by atoms with Gasteiger partial charge in [0.1, 0.15) is 12.4 Å². The summed E-state index contributed by atoms with van der Waals surface area (Å²) < 4.78 is 5.99. The minimum Gasteiger partial charge on any atom is -0.489 e. The molecule has 5 nitrogen and oxygen atoms in total. The van der Waals surface area contributed by atoms with E-state index in [1.165, 1.54) is 19.3 Å². The third-order valence-electron chi connectivity index (χ3n) is 5.16. The minimum absolute atomic E-state index is 0.0879. The molecule has 0 aliphatic carbocycles. The second-order valence-corrected chi connectivity index (χ2v) is 7.79. The van der Waals surface area contributed by atoms with Crippen LogP contribution in [0.5, 0.6) is 5.75 Å². The van der Waals surface area contributed by atoms with Crippen LogP contribution in [0.2, 0.25) is 0 Å². The number of para-hydroxylation sites is 1. The summed E-state index contributed by atoms with van der Waals surface area (Å²) in [4.78, 5) is 21.8. The summed E-state index contributed by atoms with van der Waals surface area (Å²) in [6.07, 6.45) is 17.1. The van der Waals surface area contributed by atoms with Gasteiger partial charge < -0.3 is 14.9 Å². The van der Waals surface area contributed by atoms with Crippen molar-refractivity contribution in [2.75, 3.05) is 6.61 Å². The topological polar surface area (TPSA) is 83.8 Å². The van der Waals surface area contributed by atoms with Crippen LogP contribution in [0.3, 0.4) is 0 Å². The molecule has 0 unspecified atom stereocenters. The number of carboxylic acids is 2. The molecule has 1 rings (SSSR count). The Kier molecular flexibility index (Phi) is 14.7. The van der Waals surface area contributed by atoms with Crippen molar-refractivity contribution in [3.05, 3.63) is 54.1 Å². The van der Waals surface area contributed by atoms with Crippen molar-refractivity contribution in [3.63, 3.8) is 0 Å². The van der Waals surface area contributed by atoms with Gasteiger partial charge >= 0.3 is 11.9 Å². The molecule has 0 fully saturated rings. The van der Waals surface area contributed by atoms with Gasteiger partial charge in [-0.15, -0.1) is 0 Å². The summed E-state index contributed by atoms with van der Waals surface area (Å²) in [5, 5.41) is 17.9. The van der Waals surface area contributed by atoms with Crippen LogP contribution >= 0.6 is 0 Å². The molecular formula is C26H38O5. The van der Waals surface area contributed by atoms with Gasteiger partial charge in [-0.2, -0.15) is 0 Å². The van der Waals surface area contributed by atoms with E-state index in [0.29, 0.717) is 32.3 Å². The molecule has 1 aromatic rings. The van der Waals surface area contributed by atoms with E-state index in [9.17, 15) is 9.59 Å². The molecule has 5 heteroatoms. The number of ether oxygens (including phenoxy) is 1. The molecule has 0 aliphatic heterocycles. The number of rotatable bonds is 18. The van der Waals surface area contributed by atoms with Crippen molar-refractivity contribution in [2.45, 2.75) is 83.5 Å². The average molecular weight is 431 g/mol. The van der Waals surface area contributed by atoms with Crippen LogP contribution in [0.4, 0.5) is 0 Å². The Labute approximate surface area is 186 Å². The predicted molar refractivity (Wildman–Crippen MR) is 125 cm³/mol. The second kappa shape index (κ2) is 17.2. The van der Waals surface area contributed by atoms with Gasteiger partial charge in [0.05, 0.1) is 0 Å². The van der Waals surface area contributed by atoms with Gasteiger partial charge in [-0.1, -0.05) is 62.3 Å². The zero-order chi connectivity index (χ0) is 22.7.